The number of hydrogen-bond donors (Lipinski definition) is 0. The highest BCUT2D eigenvalue weighted by molar-refractivity contribution is 6.30. The summed E-state index contributed by atoms with van der Waals surface area (Å²) in [6.07, 6.45) is 3.75. The predicted octanol–water partition coefficient (Wildman–Crippen LogP) is 5.96. The van der Waals surface area contributed by atoms with Crippen LogP contribution in [0.3, 0.4) is 0 Å². The SMILES string of the molecule is Clc1ccc(-c2cc3c(N4CCN(C(c5ccccc5)c5ccccc5)CC4)nccn3n2)cc1. The van der Waals surface area contributed by atoms with Gasteiger partial charge in [0.05, 0.1) is 11.7 Å². The van der Waals surface area contributed by atoms with Gasteiger partial charge < -0.3 is 4.90 Å². The van der Waals surface area contributed by atoms with E-state index in [1.54, 1.807) is 0 Å². The molecule has 0 saturated carbocycles. The molecule has 0 bridgehead atoms. The first kappa shape index (κ1) is 21.8. The van der Waals surface area contributed by atoms with E-state index in [1.807, 2.05) is 41.2 Å². The molecule has 0 amide bonds. The molecular weight excluding hydrogens is 454 g/mol. The molecule has 2 aromatic heterocycles. The molecule has 35 heavy (non-hydrogen) atoms. The van der Waals surface area contributed by atoms with Crippen molar-refractivity contribution in [1.29, 1.82) is 0 Å². The summed E-state index contributed by atoms with van der Waals surface area (Å²) >= 11 is 6.07. The van der Waals surface area contributed by atoms with Gasteiger partial charge >= 0.3 is 0 Å². The summed E-state index contributed by atoms with van der Waals surface area (Å²) in [5.74, 6) is 0.982. The maximum Gasteiger partial charge on any atom is 0.154 e. The summed E-state index contributed by atoms with van der Waals surface area (Å²) in [5.41, 5.74) is 5.64. The van der Waals surface area contributed by atoms with Crippen LogP contribution in [-0.4, -0.2) is 45.7 Å². The van der Waals surface area contributed by atoms with Gasteiger partial charge in [0.25, 0.3) is 0 Å². The fourth-order valence-electron chi connectivity index (χ4n) is 4.99. The van der Waals surface area contributed by atoms with Crippen LogP contribution in [0.15, 0.2) is 103 Å². The monoisotopic (exact) mass is 479 g/mol. The molecule has 0 aliphatic carbocycles. The third-order valence-corrected chi connectivity index (χ3v) is 6.97. The van der Waals surface area contributed by atoms with Gasteiger partial charge in [-0.3, -0.25) is 4.90 Å². The second-order valence-corrected chi connectivity index (χ2v) is 9.30. The van der Waals surface area contributed by atoms with Gasteiger partial charge in [-0.15, -0.1) is 0 Å². The number of hydrogen-bond acceptors (Lipinski definition) is 4. The average Bonchev–Trinajstić information content (AvgIpc) is 3.36. The largest absolute Gasteiger partial charge is 0.352 e. The molecule has 3 aromatic carbocycles. The molecular formula is C29H26ClN5. The van der Waals surface area contributed by atoms with E-state index in [1.165, 1.54) is 11.1 Å². The van der Waals surface area contributed by atoms with Crippen LogP contribution in [0.25, 0.3) is 16.8 Å². The van der Waals surface area contributed by atoms with E-state index in [0.29, 0.717) is 0 Å². The Bertz CT molecular complexity index is 1370. The van der Waals surface area contributed by atoms with Gasteiger partial charge in [-0.1, -0.05) is 84.4 Å². The van der Waals surface area contributed by atoms with Crippen LogP contribution in [-0.2, 0) is 0 Å². The summed E-state index contributed by atoms with van der Waals surface area (Å²) in [5, 5.41) is 5.51. The first-order valence-corrected chi connectivity index (χ1v) is 12.3. The van der Waals surface area contributed by atoms with Crippen LogP contribution in [0.2, 0.25) is 5.02 Å². The minimum Gasteiger partial charge on any atom is -0.352 e. The first-order valence-electron chi connectivity index (χ1n) is 12.0. The van der Waals surface area contributed by atoms with E-state index in [-0.39, 0.29) is 6.04 Å². The second-order valence-electron chi connectivity index (χ2n) is 8.86. The number of aromatic nitrogens is 3. The molecule has 0 atom stereocenters. The van der Waals surface area contributed by atoms with Gasteiger partial charge in [0, 0.05) is 49.2 Å². The number of halogens is 1. The van der Waals surface area contributed by atoms with Crippen molar-refractivity contribution >= 4 is 22.9 Å². The number of nitrogens with zero attached hydrogens (tertiary/aromatic N) is 5. The van der Waals surface area contributed by atoms with E-state index in [2.05, 4.69) is 76.5 Å². The number of fused-ring (bicyclic) bond motifs is 1. The van der Waals surface area contributed by atoms with E-state index >= 15 is 0 Å². The Balaban J connectivity index is 1.26. The quantitative estimate of drug-likeness (QED) is 0.311. The van der Waals surface area contributed by atoms with Crippen molar-refractivity contribution in [2.24, 2.45) is 0 Å². The molecule has 0 radical (unpaired) electrons. The van der Waals surface area contributed by atoms with Crippen LogP contribution < -0.4 is 4.90 Å². The number of rotatable bonds is 5. The van der Waals surface area contributed by atoms with Crippen LogP contribution in [0.1, 0.15) is 17.2 Å². The Morgan fingerprint density at radius 3 is 2.00 bits per heavy atom. The summed E-state index contributed by atoms with van der Waals surface area (Å²) in [6, 6.07) is 31.8. The van der Waals surface area contributed by atoms with Crippen molar-refractivity contribution in [3.8, 4) is 11.3 Å². The molecule has 5 nitrogen and oxygen atoms in total. The van der Waals surface area contributed by atoms with Gasteiger partial charge in [0.1, 0.15) is 5.52 Å². The Morgan fingerprint density at radius 2 is 1.37 bits per heavy atom. The molecule has 1 fully saturated rings. The zero-order valence-electron chi connectivity index (χ0n) is 19.3. The lowest BCUT2D eigenvalue weighted by Gasteiger charge is -2.40. The molecule has 3 heterocycles. The molecule has 1 aliphatic heterocycles. The Labute approximate surface area is 210 Å². The molecule has 0 unspecified atom stereocenters. The molecule has 174 valence electrons. The minimum absolute atomic E-state index is 0.245. The fourth-order valence-corrected chi connectivity index (χ4v) is 5.12. The van der Waals surface area contributed by atoms with E-state index in [4.69, 9.17) is 21.7 Å². The van der Waals surface area contributed by atoms with E-state index < -0.39 is 0 Å². The maximum atomic E-state index is 6.07. The van der Waals surface area contributed by atoms with Gasteiger partial charge in [-0.2, -0.15) is 5.10 Å². The van der Waals surface area contributed by atoms with Gasteiger partial charge in [0.2, 0.25) is 0 Å². The first-order chi connectivity index (χ1) is 17.3. The lowest BCUT2D eigenvalue weighted by molar-refractivity contribution is 0.212. The van der Waals surface area contributed by atoms with Crippen molar-refractivity contribution in [3.05, 3.63) is 120 Å². The minimum atomic E-state index is 0.245. The molecule has 1 saturated heterocycles. The summed E-state index contributed by atoms with van der Waals surface area (Å²) in [4.78, 5) is 9.72. The zero-order chi connectivity index (χ0) is 23.6. The smallest absolute Gasteiger partial charge is 0.154 e. The highest BCUT2D eigenvalue weighted by Gasteiger charge is 2.27. The lowest BCUT2D eigenvalue weighted by atomic mass is 9.96. The highest BCUT2D eigenvalue weighted by Crippen LogP contribution is 2.31. The van der Waals surface area contributed by atoms with Gasteiger partial charge in [-0.25, -0.2) is 9.50 Å². The summed E-state index contributed by atoms with van der Waals surface area (Å²) in [6.45, 7) is 3.72. The van der Waals surface area contributed by atoms with Crippen molar-refractivity contribution in [2.75, 3.05) is 31.1 Å². The van der Waals surface area contributed by atoms with Crippen LogP contribution in [0.5, 0.6) is 0 Å². The lowest BCUT2D eigenvalue weighted by Crippen LogP contribution is -2.48. The molecule has 5 aromatic rings. The summed E-state index contributed by atoms with van der Waals surface area (Å²) < 4.78 is 1.93. The molecule has 6 heteroatoms. The number of piperazine rings is 1. The Morgan fingerprint density at radius 1 is 0.743 bits per heavy atom. The third-order valence-electron chi connectivity index (χ3n) is 6.72. The topological polar surface area (TPSA) is 36.7 Å². The number of benzene rings is 3. The fraction of sp³-hybridized carbons (Fsp3) is 0.172. The molecule has 6 rings (SSSR count). The molecule has 0 N–H and O–H groups in total. The van der Waals surface area contributed by atoms with Crippen molar-refractivity contribution in [1.82, 2.24) is 19.5 Å². The van der Waals surface area contributed by atoms with Crippen LogP contribution in [0, 0.1) is 0 Å². The Kier molecular flexibility index (Phi) is 5.94. The van der Waals surface area contributed by atoms with E-state index in [0.717, 1.165) is 53.8 Å². The van der Waals surface area contributed by atoms with Crippen molar-refractivity contribution in [2.45, 2.75) is 6.04 Å². The second kappa shape index (κ2) is 9.53. The normalized spacial score (nSPS) is 14.6. The third kappa shape index (κ3) is 4.41. The average molecular weight is 480 g/mol. The van der Waals surface area contributed by atoms with Gasteiger partial charge in [-0.05, 0) is 29.3 Å². The highest BCUT2D eigenvalue weighted by atomic mass is 35.5. The van der Waals surface area contributed by atoms with Crippen LogP contribution >= 0.6 is 11.6 Å². The Hall–Kier alpha value is -3.67. The zero-order valence-corrected chi connectivity index (χ0v) is 20.1. The van der Waals surface area contributed by atoms with Crippen molar-refractivity contribution in [3.63, 3.8) is 0 Å². The molecule has 1 aliphatic rings. The van der Waals surface area contributed by atoms with Crippen molar-refractivity contribution < 1.29 is 0 Å². The summed E-state index contributed by atoms with van der Waals surface area (Å²) in [7, 11) is 0. The standard InChI is InChI=1S/C29H26ClN5/c30-25-13-11-22(12-14-25)26-21-27-29(31-15-16-35(27)32-26)34-19-17-33(18-20-34)28(23-7-3-1-4-8-23)24-9-5-2-6-10-24/h1-16,21,28H,17-20H2. The van der Waals surface area contributed by atoms with E-state index in [9.17, 15) is 0 Å². The maximum absolute atomic E-state index is 6.07. The van der Waals surface area contributed by atoms with Gasteiger partial charge in [0.15, 0.2) is 5.82 Å². The number of anilines is 1. The van der Waals surface area contributed by atoms with Crippen LogP contribution in [0.4, 0.5) is 5.82 Å². The molecule has 0 spiro atoms. The predicted molar refractivity (Wildman–Crippen MR) is 142 cm³/mol.